The van der Waals surface area contributed by atoms with Gasteiger partial charge < -0.3 is 10.2 Å². The van der Waals surface area contributed by atoms with Crippen LogP contribution in [-0.2, 0) is 10.0 Å². The maximum Gasteiger partial charge on any atom is 0.271 e. The van der Waals surface area contributed by atoms with Crippen molar-refractivity contribution in [3.05, 3.63) is 58.1 Å². The van der Waals surface area contributed by atoms with Gasteiger partial charge in [-0.15, -0.1) is 0 Å². The number of nitrogens with zero attached hydrogens (tertiary/aromatic N) is 3. The molecule has 0 aromatic heterocycles. The predicted octanol–water partition coefficient (Wildman–Crippen LogP) is 3.62. The summed E-state index contributed by atoms with van der Waals surface area (Å²) in [7, 11) is -3.70. The molecule has 1 amide bonds. The van der Waals surface area contributed by atoms with Crippen LogP contribution in [0.2, 0.25) is 0 Å². The highest BCUT2D eigenvalue weighted by Gasteiger charge is 2.29. The Morgan fingerprint density at radius 3 is 2.31 bits per heavy atom. The van der Waals surface area contributed by atoms with Gasteiger partial charge in [0, 0.05) is 49.7 Å². The molecule has 0 atom stereocenters. The second-order valence-corrected chi connectivity index (χ2v) is 10.0. The summed E-state index contributed by atoms with van der Waals surface area (Å²) in [6.07, 6.45) is 4.66. The summed E-state index contributed by atoms with van der Waals surface area (Å²) in [6.45, 7) is 2.53. The van der Waals surface area contributed by atoms with E-state index in [2.05, 4.69) is 10.2 Å². The number of carbonyl (C=O) groups excluding carboxylic acids is 1. The van der Waals surface area contributed by atoms with E-state index >= 15 is 0 Å². The van der Waals surface area contributed by atoms with E-state index in [-0.39, 0.29) is 21.8 Å². The summed E-state index contributed by atoms with van der Waals surface area (Å²) in [5, 5.41) is 13.8. The highest BCUT2D eigenvalue weighted by molar-refractivity contribution is 7.89. The first-order chi connectivity index (χ1) is 15.4. The molecule has 0 aliphatic carbocycles. The number of non-ortho nitro benzene ring substituents is 1. The topological polar surface area (TPSA) is 113 Å². The number of piperidine rings is 1. The predicted molar refractivity (Wildman–Crippen MR) is 122 cm³/mol. The molecule has 0 spiro atoms. The molecule has 2 aliphatic heterocycles. The summed E-state index contributed by atoms with van der Waals surface area (Å²) in [5.74, 6) is -0.497. The van der Waals surface area contributed by atoms with Crippen LogP contribution in [0, 0.1) is 10.1 Å². The number of carbonyl (C=O) groups is 1. The van der Waals surface area contributed by atoms with Crippen LogP contribution in [0.15, 0.2) is 47.4 Å². The molecule has 2 heterocycles. The largest absolute Gasteiger partial charge is 0.371 e. The van der Waals surface area contributed by atoms with Gasteiger partial charge in [0.15, 0.2) is 0 Å². The zero-order chi connectivity index (χ0) is 22.7. The van der Waals surface area contributed by atoms with E-state index in [0.717, 1.165) is 45.2 Å². The van der Waals surface area contributed by atoms with Crippen molar-refractivity contribution < 1.29 is 18.1 Å². The molecule has 0 radical (unpaired) electrons. The average molecular weight is 459 g/mol. The van der Waals surface area contributed by atoms with Crippen LogP contribution in [0.5, 0.6) is 0 Å². The summed E-state index contributed by atoms with van der Waals surface area (Å²) in [6, 6.07) is 10.4. The first-order valence-electron chi connectivity index (χ1n) is 10.8. The van der Waals surface area contributed by atoms with Crippen LogP contribution in [0.1, 0.15) is 42.5 Å². The summed E-state index contributed by atoms with van der Waals surface area (Å²) in [4.78, 5) is 25.9. The Bertz CT molecular complexity index is 1120. The third-order valence-corrected chi connectivity index (χ3v) is 7.82. The van der Waals surface area contributed by atoms with E-state index in [0.29, 0.717) is 18.8 Å². The van der Waals surface area contributed by atoms with Gasteiger partial charge in [-0.2, -0.15) is 4.31 Å². The zero-order valence-electron chi connectivity index (χ0n) is 17.7. The van der Waals surface area contributed by atoms with E-state index in [1.54, 1.807) is 18.2 Å². The van der Waals surface area contributed by atoms with E-state index in [1.807, 2.05) is 0 Å². The van der Waals surface area contributed by atoms with Crippen LogP contribution in [0.3, 0.4) is 0 Å². The lowest BCUT2D eigenvalue weighted by Gasteiger charge is -2.27. The van der Waals surface area contributed by atoms with E-state index in [9.17, 15) is 23.3 Å². The maximum absolute atomic E-state index is 13.2. The van der Waals surface area contributed by atoms with Gasteiger partial charge in [-0.25, -0.2) is 8.42 Å². The molecule has 4 rings (SSSR count). The Balaban J connectivity index is 1.69. The highest BCUT2D eigenvalue weighted by atomic mass is 32.2. The second kappa shape index (κ2) is 9.25. The number of benzene rings is 2. The standard InChI is InChI=1S/C22H26N4O5S/c27-22(23-17-7-6-8-18(15-17)26(28)29)20-16-19(9-10-21(20)24-11-4-5-12-24)32(30,31)25-13-2-1-3-14-25/h6-10,15-16H,1-5,11-14H2,(H,23,27). The van der Waals surface area contributed by atoms with Crippen molar-refractivity contribution >= 4 is 33.0 Å². The van der Waals surface area contributed by atoms with Gasteiger partial charge in [0.2, 0.25) is 10.0 Å². The van der Waals surface area contributed by atoms with Crippen LogP contribution in [0.4, 0.5) is 17.1 Å². The molecule has 0 bridgehead atoms. The van der Waals surface area contributed by atoms with Gasteiger partial charge in [-0.3, -0.25) is 14.9 Å². The minimum atomic E-state index is -3.70. The van der Waals surface area contributed by atoms with Crippen molar-refractivity contribution in [3.63, 3.8) is 0 Å². The minimum absolute atomic E-state index is 0.0894. The Labute approximate surface area is 187 Å². The molecule has 1 N–H and O–H groups in total. The van der Waals surface area contributed by atoms with Gasteiger partial charge >= 0.3 is 0 Å². The summed E-state index contributed by atoms with van der Waals surface area (Å²) in [5.41, 5.74) is 1.06. The fraction of sp³-hybridized carbons (Fsp3) is 0.409. The lowest BCUT2D eigenvalue weighted by Crippen LogP contribution is -2.35. The number of sulfonamides is 1. The number of anilines is 2. The fourth-order valence-electron chi connectivity index (χ4n) is 4.24. The third-order valence-electron chi connectivity index (χ3n) is 5.93. The summed E-state index contributed by atoms with van der Waals surface area (Å²) < 4.78 is 27.8. The first kappa shape index (κ1) is 22.2. The van der Waals surface area contributed by atoms with Crippen LogP contribution in [0.25, 0.3) is 0 Å². The molecule has 0 unspecified atom stereocenters. The van der Waals surface area contributed by atoms with Gasteiger partial charge in [0.25, 0.3) is 11.6 Å². The van der Waals surface area contributed by atoms with Crippen molar-refractivity contribution in [2.45, 2.75) is 37.0 Å². The third kappa shape index (κ3) is 4.61. The Morgan fingerprint density at radius 2 is 1.62 bits per heavy atom. The lowest BCUT2D eigenvalue weighted by atomic mass is 10.1. The number of rotatable bonds is 6. The first-order valence-corrected chi connectivity index (χ1v) is 12.3. The van der Waals surface area contributed by atoms with Crippen molar-refractivity contribution in [1.29, 1.82) is 0 Å². The molecule has 170 valence electrons. The number of amides is 1. The average Bonchev–Trinajstić information content (AvgIpc) is 3.34. The van der Waals surface area contributed by atoms with E-state index in [4.69, 9.17) is 0 Å². The van der Waals surface area contributed by atoms with Gasteiger partial charge in [0.1, 0.15) is 0 Å². The highest BCUT2D eigenvalue weighted by Crippen LogP contribution is 2.30. The molecule has 0 saturated carbocycles. The van der Waals surface area contributed by atoms with Gasteiger partial charge in [-0.05, 0) is 49.9 Å². The normalized spacial score (nSPS) is 17.3. The molecule has 9 nitrogen and oxygen atoms in total. The molecule has 2 fully saturated rings. The Hall–Kier alpha value is -2.98. The van der Waals surface area contributed by atoms with Crippen molar-refractivity contribution in [2.75, 3.05) is 36.4 Å². The molecule has 2 aliphatic rings. The molecular formula is C22H26N4O5S. The number of nitrogens with one attached hydrogen (secondary N) is 1. The van der Waals surface area contributed by atoms with Gasteiger partial charge in [0.05, 0.1) is 15.4 Å². The van der Waals surface area contributed by atoms with Crippen LogP contribution in [-0.4, -0.2) is 49.7 Å². The quantitative estimate of drug-likeness (QED) is 0.523. The second-order valence-electron chi connectivity index (χ2n) is 8.10. The minimum Gasteiger partial charge on any atom is -0.371 e. The molecule has 10 heteroatoms. The monoisotopic (exact) mass is 458 g/mol. The molecule has 2 aromatic carbocycles. The molecule has 2 aromatic rings. The van der Waals surface area contributed by atoms with E-state index in [1.165, 1.54) is 28.6 Å². The lowest BCUT2D eigenvalue weighted by molar-refractivity contribution is -0.384. The SMILES string of the molecule is O=C(Nc1cccc([N+](=O)[O-])c1)c1cc(S(=O)(=O)N2CCCCC2)ccc1N1CCCC1. The Morgan fingerprint density at radius 1 is 0.938 bits per heavy atom. The number of nitro groups is 1. The smallest absolute Gasteiger partial charge is 0.271 e. The zero-order valence-corrected chi connectivity index (χ0v) is 18.5. The number of hydrogen-bond donors (Lipinski definition) is 1. The van der Waals surface area contributed by atoms with E-state index < -0.39 is 20.9 Å². The molecular weight excluding hydrogens is 432 g/mol. The van der Waals surface area contributed by atoms with Crippen molar-refractivity contribution in [3.8, 4) is 0 Å². The van der Waals surface area contributed by atoms with Crippen molar-refractivity contribution in [1.82, 2.24) is 4.31 Å². The van der Waals surface area contributed by atoms with Crippen LogP contribution >= 0.6 is 0 Å². The van der Waals surface area contributed by atoms with Crippen molar-refractivity contribution in [2.24, 2.45) is 0 Å². The number of nitro benzene ring substituents is 1. The number of hydrogen-bond acceptors (Lipinski definition) is 6. The van der Waals surface area contributed by atoms with Gasteiger partial charge in [-0.1, -0.05) is 12.5 Å². The Kier molecular flexibility index (Phi) is 6.43. The molecule has 2 saturated heterocycles. The maximum atomic E-state index is 13.2. The molecule has 32 heavy (non-hydrogen) atoms. The fourth-order valence-corrected chi connectivity index (χ4v) is 5.79. The van der Waals surface area contributed by atoms with Crippen LogP contribution < -0.4 is 10.2 Å². The summed E-state index contributed by atoms with van der Waals surface area (Å²) >= 11 is 0.